The van der Waals surface area contributed by atoms with Gasteiger partial charge in [-0.1, -0.05) is 0 Å². The van der Waals surface area contributed by atoms with Crippen LogP contribution in [0.1, 0.15) is 25.5 Å². The third kappa shape index (κ3) is 1.81. The molecule has 1 aliphatic rings. The fourth-order valence-corrected chi connectivity index (χ4v) is 2.44. The quantitative estimate of drug-likeness (QED) is 0.868. The van der Waals surface area contributed by atoms with E-state index in [-0.39, 0.29) is 11.8 Å². The summed E-state index contributed by atoms with van der Waals surface area (Å²) >= 11 is 0. The number of aromatic amines is 1. The lowest BCUT2D eigenvalue weighted by atomic mass is 9.94. The summed E-state index contributed by atoms with van der Waals surface area (Å²) in [6, 6.07) is 3.65. The summed E-state index contributed by atoms with van der Waals surface area (Å²) in [4.78, 5) is 19.1. The minimum atomic E-state index is -0.231. The van der Waals surface area contributed by atoms with Gasteiger partial charge in [-0.3, -0.25) is 4.79 Å². The first-order valence-corrected chi connectivity index (χ1v) is 6.02. The molecule has 0 saturated heterocycles. The predicted molar refractivity (Wildman–Crippen MR) is 68.2 cm³/mol. The van der Waals surface area contributed by atoms with Crippen LogP contribution in [0.4, 0.5) is 5.95 Å². The number of Topliss-reactive ketones (excluding diaryl/α,β-unsaturated/α-hetero) is 1. The molecule has 1 atom stereocenters. The molecule has 2 aromatic heterocycles. The van der Waals surface area contributed by atoms with Crippen LogP contribution in [0.5, 0.6) is 0 Å². The van der Waals surface area contributed by atoms with Crippen LogP contribution in [0, 0.1) is 0 Å². The molecule has 2 N–H and O–H groups in total. The molecule has 1 unspecified atom stereocenters. The van der Waals surface area contributed by atoms with Crippen LogP contribution in [0.2, 0.25) is 0 Å². The summed E-state index contributed by atoms with van der Waals surface area (Å²) in [5.41, 5.74) is 2.53. The molecule has 0 spiro atoms. The van der Waals surface area contributed by atoms with E-state index in [9.17, 15) is 4.79 Å². The molecule has 2 aromatic rings. The summed E-state index contributed by atoms with van der Waals surface area (Å²) in [6.07, 6.45) is 5.16. The maximum absolute atomic E-state index is 12.0. The Morgan fingerprint density at radius 1 is 1.42 bits per heavy atom. The van der Waals surface area contributed by atoms with E-state index in [0.29, 0.717) is 11.5 Å². The van der Waals surface area contributed by atoms with Crippen molar-refractivity contribution in [3.8, 4) is 0 Å². The highest BCUT2D eigenvalue weighted by Gasteiger charge is 2.31. The Bertz CT molecular complexity index is 659. The van der Waals surface area contributed by atoms with Gasteiger partial charge < -0.3 is 5.32 Å². The van der Waals surface area contributed by atoms with E-state index >= 15 is 0 Å². The van der Waals surface area contributed by atoms with Crippen molar-refractivity contribution in [3.63, 3.8) is 0 Å². The lowest BCUT2D eigenvalue weighted by Crippen LogP contribution is -2.28. The Morgan fingerprint density at radius 3 is 2.84 bits per heavy atom. The van der Waals surface area contributed by atoms with Crippen LogP contribution >= 0.6 is 0 Å². The Morgan fingerprint density at radius 2 is 2.16 bits per heavy atom. The average Bonchev–Trinajstić information content (AvgIpc) is 2.85. The average molecular weight is 256 g/mol. The van der Waals surface area contributed by atoms with Crippen LogP contribution in [0.3, 0.4) is 0 Å². The maximum Gasteiger partial charge on any atom is 0.226 e. The number of allylic oxidation sites excluding steroid dienone is 2. The molecule has 0 aliphatic carbocycles. The zero-order valence-corrected chi connectivity index (χ0v) is 10.7. The number of nitrogens with zero attached hydrogens (tertiary/aromatic N) is 3. The smallest absolute Gasteiger partial charge is 0.226 e. The lowest BCUT2D eigenvalue weighted by Gasteiger charge is -2.27. The molecule has 6 nitrogen and oxygen atoms in total. The fourth-order valence-electron chi connectivity index (χ4n) is 2.44. The summed E-state index contributed by atoms with van der Waals surface area (Å²) < 4.78 is 1.74. The first-order chi connectivity index (χ1) is 9.18. The second kappa shape index (κ2) is 4.31. The molecular weight excluding hydrogens is 242 g/mol. The largest absolute Gasteiger partial charge is 0.328 e. The summed E-state index contributed by atoms with van der Waals surface area (Å²) in [5, 5.41) is 7.34. The van der Waals surface area contributed by atoms with Gasteiger partial charge in [-0.25, -0.2) is 9.67 Å². The van der Waals surface area contributed by atoms with Gasteiger partial charge in [0, 0.05) is 23.4 Å². The number of aromatic nitrogens is 4. The minimum absolute atomic E-state index is 0.0315. The van der Waals surface area contributed by atoms with Crippen molar-refractivity contribution in [2.24, 2.45) is 0 Å². The normalized spacial score (nSPS) is 17.9. The molecule has 0 aromatic carbocycles. The van der Waals surface area contributed by atoms with Gasteiger partial charge in [-0.2, -0.15) is 10.1 Å². The first-order valence-electron chi connectivity index (χ1n) is 6.02. The maximum atomic E-state index is 12.0. The van der Waals surface area contributed by atoms with Crippen molar-refractivity contribution in [1.82, 2.24) is 14.8 Å². The number of carbonyl (C=O) groups excluding carboxylic acids is 1. The molecule has 0 radical (unpaired) electrons. The number of anilines is 1. The standard InChI is InChI=1S/C13H13N5O/c1-8-11(9(2)19)12(10-3-5-14-6-4-10)18-13(17-8)15-7-16-18/h3-7,12H,1-2H3,(H,15,16,17)/p+1. The number of rotatable bonds is 2. The van der Waals surface area contributed by atoms with E-state index in [4.69, 9.17) is 0 Å². The highest BCUT2D eigenvalue weighted by molar-refractivity contribution is 5.96. The summed E-state index contributed by atoms with van der Waals surface area (Å²) in [5.74, 6) is 0.685. The van der Waals surface area contributed by atoms with Crippen LogP contribution in [0.25, 0.3) is 0 Å². The van der Waals surface area contributed by atoms with Crippen LogP contribution in [0.15, 0.2) is 42.1 Å². The number of ketones is 1. The zero-order chi connectivity index (χ0) is 13.4. The number of fused-ring (bicyclic) bond motifs is 1. The van der Waals surface area contributed by atoms with Crippen LogP contribution in [-0.2, 0) is 4.79 Å². The predicted octanol–water partition coefficient (Wildman–Crippen LogP) is 0.970. The molecule has 0 fully saturated rings. The highest BCUT2D eigenvalue weighted by atomic mass is 16.1. The van der Waals surface area contributed by atoms with E-state index < -0.39 is 0 Å². The zero-order valence-electron chi connectivity index (χ0n) is 10.7. The minimum Gasteiger partial charge on any atom is -0.328 e. The Hall–Kier alpha value is -2.50. The Labute approximate surface area is 110 Å². The van der Waals surface area contributed by atoms with E-state index in [1.54, 1.807) is 11.6 Å². The van der Waals surface area contributed by atoms with E-state index in [2.05, 4.69) is 20.4 Å². The highest BCUT2D eigenvalue weighted by Crippen LogP contribution is 2.34. The Balaban J connectivity index is 2.21. The van der Waals surface area contributed by atoms with Crippen molar-refractivity contribution in [2.45, 2.75) is 19.9 Å². The molecule has 0 amide bonds. The first kappa shape index (κ1) is 11.6. The molecule has 3 rings (SSSR count). The van der Waals surface area contributed by atoms with E-state index in [1.165, 1.54) is 6.33 Å². The molecule has 3 heterocycles. The molecule has 6 heteroatoms. The lowest BCUT2D eigenvalue weighted by molar-refractivity contribution is -0.378. The second-order valence-corrected chi connectivity index (χ2v) is 4.48. The fraction of sp³-hybridized carbons (Fsp3) is 0.231. The SMILES string of the molecule is CC(=O)C1=C(C)Nc2ncnn2C1c1cc[nH+]cc1. The number of H-pyrrole nitrogens is 1. The van der Waals surface area contributed by atoms with Gasteiger partial charge >= 0.3 is 0 Å². The number of pyridine rings is 1. The molecule has 96 valence electrons. The van der Waals surface area contributed by atoms with Crippen LogP contribution in [-0.4, -0.2) is 20.5 Å². The van der Waals surface area contributed by atoms with Gasteiger partial charge in [-0.15, -0.1) is 0 Å². The van der Waals surface area contributed by atoms with Crippen molar-refractivity contribution < 1.29 is 9.78 Å². The van der Waals surface area contributed by atoms with E-state index in [0.717, 1.165) is 11.3 Å². The van der Waals surface area contributed by atoms with Gasteiger partial charge in [-0.05, 0) is 19.4 Å². The van der Waals surface area contributed by atoms with Crippen molar-refractivity contribution >= 4 is 11.7 Å². The third-order valence-corrected chi connectivity index (χ3v) is 3.23. The van der Waals surface area contributed by atoms with Crippen molar-refractivity contribution in [1.29, 1.82) is 0 Å². The van der Waals surface area contributed by atoms with Gasteiger partial charge in [0.25, 0.3) is 0 Å². The van der Waals surface area contributed by atoms with E-state index in [1.807, 2.05) is 31.5 Å². The molecule has 19 heavy (non-hydrogen) atoms. The third-order valence-electron chi connectivity index (χ3n) is 3.23. The van der Waals surface area contributed by atoms with Gasteiger partial charge in [0.15, 0.2) is 18.2 Å². The number of hydrogen-bond donors (Lipinski definition) is 1. The molecule has 0 bridgehead atoms. The number of hydrogen-bond acceptors (Lipinski definition) is 4. The topological polar surface area (TPSA) is 74.0 Å². The van der Waals surface area contributed by atoms with Crippen molar-refractivity contribution in [2.75, 3.05) is 5.32 Å². The summed E-state index contributed by atoms with van der Waals surface area (Å²) in [7, 11) is 0. The number of carbonyl (C=O) groups is 1. The number of nitrogens with one attached hydrogen (secondary N) is 2. The van der Waals surface area contributed by atoms with Crippen LogP contribution < -0.4 is 10.3 Å². The monoisotopic (exact) mass is 256 g/mol. The molecule has 1 aliphatic heterocycles. The second-order valence-electron chi connectivity index (χ2n) is 4.48. The van der Waals surface area contributed by atoms with Gasteiger partial charge in [0.2, 0.25) is 5.95 Å². The van der Waals surface area contributed by atoms with Gasteiger partial charge in [0.1, 0.15) is 12.4 Å². The van der Waals surface area contributed by atoms with Crippen molar-refractivity contribution in [3.05, 3.63) is 47.7 Å². The van der Waals surface area contributed by atoms with Gasteiger partial charge in [0.05, 0.1) is 0 Å². The Kier molecular flexibility index (Phi) is 2.63. The summed E-state index contributed by atoms with van der Waals surface area (Å²) in [6.45, 7) is 3.46. The molecule has 0 saturated carbocycles. The molecular formula is C13H14N5O+.